The van der Waals surface area contributed by atoms with Gasteiger partial charge in [0.05, 0.1) is 31.7 Å². The van der Waals surface area contributed by atoms with Crippen LogP contribution in [0, 0.1) is 0 Å². The van der Waals surface area contributed by atoms with Crippen LogP contribution in [-0.4, -0.2) is 90.5 Å². The van der Waals surface area contributed by atoms with E-state index in [0.29, 0.717) is 0 Å². The first-order valence-electron chi connectivity index (χ1n) is 10.1. The number of rotatable bonds is 18. The summed E-state index contributed by atoms with van der Waals surface area (Å²) >= 11 is 0. The van der Waals surface area contributed by atoms with E-state index in [4.69, 9.17) is 14.2 Å². The topological polar surface area (TPSA) is 205 Å². The summed E-state index contributed by atoms with van der Waals surface area (Å²) < 4.78 is 65.6. The zero-order valence-corrected chi connectivity index (χ0v) is 21.2. The number of esters is 2. The van der Waals surface area contributed by atoms with Gasteiger partial charge < -0.3 is 38.2 Å². The summed E-state index contributed by atoms with van der Waals surface area (Å²) in [5.74, 6) is -1.39. The SMILES string of the molecule is CC(=O)OC[C@H](COP(=O)([O-])OCCNC(=O)OCCOCCNS(=O)(=O)C(C)C)OC(C)=O. The second kappa shape index (κ2) is 16.8. The number of phosphoric ester groups is 1. The van der Waals surface area contributed by atoms with Crippen molar-refractivity contribution in [3.05, 3.63) is 0 Å². The van der Waals surface area contributed by atoms with Crippen molar-refractivity contribution in [1.29, 1.82) is 0 Å². The Morgan fingerprint density at radius 2 is 1.59 bits per heavy atom. The number of alkyl carbamates (subject to hydrolysis) is 1. The molecule has 0 heterocycles. The molecule has 0 aliphatic rings. The Hall–Kier alpha value is -1.81. The highest BCUT2D eigenvalue weighted by Crippen LogP contribution is 2.38. The van der Waals surface area contributed by atoms with Crippen LogP contribution in [0.2, 0.25) is 0 Å². The van der Waals surface area contributed by atoms with Crippen LogP contribution < -0.4 is 14.9 Å². The maximum absolute atomic E-state index is 11.7. The molecule has 1 unspecified atom stereocenters. The van der Waals surface area contributed by atoms with E-state index in [1.807, 2.05) is 0 Å². The molecule has 200 valence electrons. The van der Waals surface area contributed by atoms with E-state index in [1.54, 1.807) is 13.8 Å². The average molecular weight is 535 g/mol. The highest BCUT2D eigenvalue weighted by atomic mass is 32.2. The minimum absolute atomic E-state index is 0.0216. The molecule has 0 aliphatic carbocycles. The van der Waals surface area contributed by atoms with Crippen molar-refractivity contribution in [1.82, 2.24) is 10.0 Å². The Kier molecular flexibility index (Phi) is 15.9. The van der Waals surface area contributed by atoms with Gasteiger partial charge in [0.2, 0.25) is 10.0 Å². The Morgan fingerprint density at radius 1 is 0.912 bits per heavy atom. The largest absolute Gasteiger partial charge is 0.756 e. The molecule has 0 aliphatic heterocycles. The lowest BCUT2D eigenvalue weighted by molar-refractivity contribution is -0.228. The summed E-state index contributed by atoms with van der Waals surface area (Å²) in [5.41, 5.74) is 0. The lowest BCUT2D eigenvalue weighted by atomic mass is 10.4. The summed E-state index contributed by atoms with van der Waals surface area (Å²) in [6, 6.07) is 0. The van der Waals surface area contributed by atoms with Gasteiger partial charge in [-0.3, -0.25) is 14.2 Å². The van der Waals surface area contributed by atoms with Crippen molar-refractivity contribution >= 4 is 35.9 Å². The first kappa shape index (κ1) is 32.2. The number of nitrogens with one attached hydrogen (secondary N) is 2. The number of amides is 1. The van der Waals surface area contributed by atoms with Crippen LogP contribution in [0.25, 0.3) is 0 Å². The first-order chi connectivity index (χ1) is 15.7. The molecule has 0 aromatic rings. The van der Waals surface area contributed by atoms with Crippen LogP contribution in [0.15, 0.2) is 0 Å². The molecule has 34 heavy (non-hydrogen) atoms. The van der Waals surface area contributed by atoms with Crippen molar-refractivity contribution in [2.75, 3.05) is 52.7 Å². The molecule has 0 fully saturated rings. The van der Waals surface area contributed by atoms with E-state index < -0.39 is 67.1 Å². The monoisotopic (exact) mass is 535 g/mol. The van der Waals surface area contributed by atoms with E-state index in [-0.39, 0.29) is 32.9 Å². The van der Waals surface area contributed by atoms with Gasteiger partial charge in [-0.15, -0.1) is 0 Å². The highest BCUT2D eigenvalue weighted by Gasteiger charge is 2.19. The predicted octanol–water partition coefficient (Wildman–Crippen LogP) is -0.947. The Bertz CT molecular complexity index is 790. The number of ether oxygens (including phenoxy) is 4. The number of carbonyl (C=O) groups excluding carboxylic acids is 3. The van der Waals surface area contributed by atoms with Crippen LogP contribution in [0.5, 0.6) is 0 Å². The Labute approximate surface area is 198 Å². The standard InChI is InChI=1S/C17H33N2O13PS/c1-13(2)34(25,26)19-6-7-27-9-10-28-17(22)18-5-8-30-33(23,24)31-12-16(32-15(4)21)11-29-14(3)20/h13,16,19H,5-12H2,1-4H3,(H,18,22)(H,23,24)/p-1/t16-/m1/s1. The molecule has 1 amide bonds. The molecule has 0 bridgehead atoms. The van der Waals surface area contributed by atoms with E-state index in [1.165, 1.54) is 0 Å². The quantitative estimate of drug-likeness (QED) is 0.0941. The molecule has 2 N–H and O–H groups in total. The van der Waals surface area contributed by atoms with Crippen LogP contribution in [0.4, 0.5) is 4.79 Å². The summed E-state index contributed by atoms with van der Waals surface area (Å²) in [7, 11) is -8.17. The molecule has 15 nitrogen and oxygen atoms in total. The number of carbonyl (C=O) groups is 3. The van der Waals surface area contributed by atoms with E-state index >= 15 is 0 Å². The molecule has 0 aromatic carbocycles. The van der Waals surface area contributed by atoms with Gasteiger partial charge in [-0.2, -0.15) is 0 Å². The third-order valence-electron chi connectivity index (χ3n) is 3.48. The van der Waals surface area contributed by atoms with Crippen molar-refractivity contribution < 1.29 is 60.3 Å². The molecule has 2 atom stereocenters. The maximum Gasteiger partial charge on any atom is 0.407 e. The summed E-state index contributed by atoms with van der Waals surface area (Å²) in [4.78, 5) is 45.1. The van der Waals surface area contributed by atoms with Crippen LogP contribution >= 0.6 is 7.82 Å². The normalized spacial score (nSPS) is 14.2. The summed E-state index contributed by atoms with van der Waals surface area (Å²) in [6.07, 6.45) is -2.01. The van der Waals surface area contributed by atoms with E-state index in [2.05, 4.69) is 23.8 Å². The molecule has 0 spiro atoms. The molecule has 0 radical (unpaired) electrons. The molecule has 0 aromatic heterocycles. The fourth-order valence-electron chi connectivity index (χ4n) is 1.85. The van der Waals surface area contributed by atoms with E-state index in [9.17, 15) is 32.3 Å². The van der Waals surface area contributed by atoms with Gasteiger partial charge in [-0.25, -0.2) is 17.9 Å². The van der Waals surface area contributed by atoms with Gasteiger partial charge in [-0.05, 0) is 13.8 Å². The average Bonchev–Trinajstić information content (AvgIpc) is 2.72. The number of sulfonamides is 1. The fourth-order valence-corrected chi connectivity index (χ4v) is 3.29. The van der Waals surface area contributed by atoms with Gasteiger partial charge in [-0.1, -0.05) is 0 Å². The van der Waals surface area contributed by atoms with Crippen molar-refractivity contribution in [2.45, 2.75) is 39.0 Å². The molecule has 0 rings (SSSR count). The third kappa shape index (κ3) is 17.6. The fraction of sp³-hybridized carbons (Fsp3) is 0.824. The first-order valence-corrected chi connectivity index (χ1v) is 13.1. The van der Waals surface area contributed by atoms with Gasteiger partial charge in [0.15, 0.2) is 6.10 Å². The van der Waals surface area contributed by atoms with Crippen molar-refractivity contribution in [3.8, 4) is 0 Å². The Morgan fingerprint density at radius 3 is 2.18 bits per heavy atom. The second-order valence-electron chi connectivity index (χ2n) is 6.77. The number of phosphoric acid groups is 1. The van der Waals surface area contributed by atoms with Gasteiger partial charge >= 0.3 is 18.0 Å². The van der Waals surface area contributed by atoms with Crippen LogP contribution in [0.1, 0.15) is 27.7 Å². The van der Waals surface area contributed by atoms with Crippen LogP contribution in [-0.2, 0) is 52.2 Å². The van der Waals surface area contributed by atoms with Gasteiger partial charge in [0.1, 0.15) is 13.2 Å². The highest BCUT2D eigenvalue weighted by molar-refractivity contribution is 7.90. The molecule has 0 saturated carbocycles. The van der Waals surface area contributed by atoms with Crippen molar-refractivity contribution in [3.63, 3.8) is 0 Å². The Balaban J connectivity index is 3.97. The van der Waals surface area contributed by atoms with Gasteiger partial charge in [0.25, 0.3) is 7.82 Å². The lowest BCUT2D eigenvalue weighted by Crippen LogP contribution is -2.33. The smallest absolute Gasteiger partial charge is 0.407 e. The molecule has 17 heteroatoms. The van der Waals surface area contributed by atoms with Gasteiger partial charge in [0, 0.05) is 26.9 Å². The predicted molar refractivity (Wildman–Crippen MR) is 114 cm³/mol. The third-order valence-corrected chi connectivity index (χ3v) is 6.29. The number of hydrogen-bond donors (Lipinski definition) is 2. The lowest BCUT2D eigenvalue weighted by Gasteiger charge is -2.25. The minimum Gasteiger partial charge on any atom is -0.756 e. The van der Waals surface area contributed by atoms with Crippen LogP contribution in [0.3, 0.4) is 0 Å². The molecular weight excluding hydrogens is 503 g/mol. The summed E-state index contributed by atoms with van der Waals surface area (Å²) in [5, 5.41) is 1.68. The molecular formula is C17H32N2O13PS-. The molecule has 0 saturated heterocycles. The minimum atomic E-state index is -4.80. The number of hydrogen-bond acceptors (Lipinski definition) is 13. The van der Waals surface area contributed by atoms with E-state index in [0.717, 1.165) is 13.8 Å². The second-order valence-corrected chi connectivity index (χ2v) is 10.5. The van der Waals surface area contributed by atoms with Crippen molar-refractivity contribution in [2.24, 2.45) is 0 Å². The zero-order chi connectivity index (χ0) is 26.2. The summed E-state index contributed by atoms with van der Waals surface area (Å²) in [6.45, 7) is 3.62. The zero-order valence-electron chi connectivity index (χ0n) is 19.5. The maximum atomic E-state index is 11.7.